The quantitative estimate of drug-likeness (QED) is 0.732. The molecule has 2 rings (SSSR count). The first-order valence-corrected chi connectivity index (χ1v) is 4.21. The highest BCUT2D eigenvalue weighted by molar-refractivity contribution is 5.58. The zero-order valence-corrected chi connectivity index (χ0v) is 7.33. The van der Waals surface area contributed by atoms with Gasteiger partial charge in [0.2, 0.25) is 0 Å². The third-order valence-corrected chi connectivity index (χ3v) is 1.89. The van der Waals surface area contributed by atoms with E-state index in [1.807, 2.05) is 30.3 Å². The fourth-order valence-corrected chi connectivity index (χ4v) is 1.28. The van der Waals surface area contributed by atoms with Gasteiger partial charge in [-0.05, 0) is 11.6 Å². The fraction of sp³-hybridized carbons (Fsp3) is 0. The van der Waals surface area contributed by atoms with Crippen molar-refractivity contribution in [1.82, 2.24) is 4.98 Å². The van der Waals surface area contributed by atoms with Gasteiger partial charge in [-0.25, -0.2) is 4.39 Å². The topological polar surface area (TPSA) is 32.9 Å². The summed E-state index contributed by atoms with van der Waals surface area (Å²) in [4.78, 5) is 13.6. The van der Waals surface area contributed by atoms with Gasteiger partial charge in [-0.3, -0.25) is 4.79 Å². The second-order valence-electron chi connectivity index (χ2n) is 2.94. The van der Waals surface area contributed by atoms with E-state index in [0.29, 0.717) is 5.69 Å². The molecule has 0 atom stereocenters. The van der Waals surface area contributed by atoms with E-state index in [1.165, 1.54) is 6.07 Å². The van der Waals surface area contributed by atoms with Crippen LogP contribution in [0, 0.1) is 5.82 Å². The van der Waals surface area contributed by atoms with Gasteiger partial charge in [0.15, 0.2) is 0 Å². The van der Waals surface area contributed by atoms with Crippen LogP contribution in [0.15, 0.2) is 47.3 Å². The van der Waals surface area contributed by atoms with E-state index >= 15 is 0 Å². The average Bonchev–Trinajstić information content (AvgIpc) is 2.18. The van der Waals surface area contributed by atoms with Crippen molar-refractivity contribution in [3.05, 3.63) is 58.6 Å². The van der Waals surface area contributed by atoms with Gasteiger partial charge in [0.05, 0.1) is 5.69 Å². The number of benzene rings is 1. The maximum absolute atomic E-state index is 12.9. The highest BCUT2D eigenvalue weighted by Crippen LogP contribution is 2.14. The van der Waals surface area contributed by atoms with E-state index in [0.717, 1.165) is 11.6 Å². The maximum atomic E-state index is 12.9. The van der Waals surface area contributed by atoms with E-state index in [9.17, 15) is 9.18 Å². The molecule has 0 aliphatic carbocycles. The highest BCUT2D eigenvalue weighted by atomic mass is 19.1. The molecule has 0 unspecified atom stereocenters. The summed E-state index contributed by atoms with van der Waals surface area (Å²) in [5.41, 5.74) is 0.864. The lowest BCUT2D eigenvalue weighted by Crippen LogP contribution is -2.05. The Balaban J connectivity index is 2.58. The molecule has 2 nitrogen and oxygen atoms in total. The molecule has 0 radical (unpaired) electrons. The minimum Gasteiger partial charge on any atom is -0.322 e. The molecule has 1 aromatic heterocycles. The molecule has 0 bridgehead atoms. The Morgan fingerprint density at radius 2 is 1.79 bits per heavy atom. The third-order valence-electron chi connectivity index (χ3n) is 1.89. The van der Waals surface area contributed by atoms with Crippen LogP contribution >= 0.6 is 0 Å². The smallest absolute Gasteiger partial charge is 0.251 e. The van der Waals surface area contributed by atoms with E-state index in [2.05, 4.69) is 4.98 Å². The number of hydrogen-bond donors (Lipinski definition) is 1. The normalized spacial score (nSPS) is 10.1. The molecule has 0 aliphatic rings. The molecule has 70 valence electrons. The largest absolute Gasteiger partial charge is 0.322 e. The summed E-state index contributed by atoms with van der Waals surface area (Å²) in [7, 11) is 0. The molecule has 1 heterocycles. The molecule has 1 aromatic carbocycles. The number of H-pyrrole nitrogens is 1. The highest BCUT2D eigenvalue weighted by Gasteiger charge is 2.00. The van der Waals surface area contributed by atoms with Crippen molar-refractivity contribution in [3.8, 4) is 11.3 Å². The van der Waals surface area contributed by atoms with Crippen LogP contribution in [0.1, 0.15) is 0 Å². The Bertz CT molecular complexity index is 490. The first-order chi connectivity index (χ1) is 6.75. The third kappa shape index (κ3) is 1.71. The summed E-state index contributed by atoms with van der Waals surface area (Å²) in [6, 6.07) is 11.4. The number of nitrogens with one attached hydrogen (secondary N) is 1. The number of hydrogen-bond acceptors (Lipinski definition) is 1. The summed E-state index contributed by atoms with van der Waals surface area (Å²) in [5, 5.41) is 0. The standard InChI is InChI=1S/C11H8FNO/c12-9-6-10(13-11(14)7-9)8-4-2-1-3-5-8/h1-7H,(H,13,14). The van der Waals surface area contributed by atoms with Gasteiger partial charge in [0, 0.05) is 6.07 Å². The zero-order valence-electron chi connectivity index (χ0n) is 7.33. The van der Waals surface area contributed by atoms with Crippen LogP contribution in [0.3, 0.4) is 0 Å². The van der Waals surface area contributed by atoms with Gasteiger partial charge < -0.3 is 4.98 Å². The second kappa shape index (κ2) is 3.46. The van der Waals surface area contributed by atoms with Crippen molar-refractivity contribution in [2.75, 3.05) is 0 Å². The molecule has 3 heteroatoms. The lowest BCUT2D eigenvalue weighted by Gasteiger charge is -2.00. The molecular formula is C11H8FNO. The van der Waals surface area contributed by atoms with Gasteiger partial charge in [-0.15, -0.1) is 0 Å². The Hall–Kier alpha value is -1.90. The summed E-state index contributed by atoms with van der Waals surface area (Å²) < 4.78 is 12.9. The van der Waals surface area contributed by atoms with Gasteiger partial charge in [0.1, 0.15) is 5.82 Å². The maximum Gasteiger partial charge on any atom is 0.251 e. The monoisotopic (exact) mass is 189 g/mol. The Morgan fingerprint density at radius 3 is 2.43 bits per heavy atom. The number of rotatable bonds is 1. The zero-order chi connectivity index (χ0) is 9.97. The molecule has 2 aromatic rings. The predicted molar refractivity (Wildman–Crippen MR) is 52.5 cm³/mol. The second-order valence-corrected chi connectivity index (χ2v) is 2.94. The van der Waals surface area contributed by atoms with Crippen molar-refractivity contribution in [3.63, 3.8) is 0 Å². The molecule has 0 saturated heterocycles. The molecule has 14 heavy (non-hydrogen) atoms. The molecule has 0 spiro atoms. The molecule has 1 N–H and O–H groups in total. The number of pyridine rings is 1. The van der Waals surface area contributed by atoms with Gasteiger partial charge in [-0.2, -0.15) is 0 Å². The van der Waals surface area contributed by atoms with E-state index in [4.69, 9.17) is 0 Å². The summed E-state index contributed by atoms with van der Waals surface area (Å²) in [5.74, 6) is -0.521. The van der Waals surface area contributed by atoms with Crippen LogP contribution in [0.25, 0.3) is 11.3 Å². The van der Waals surface area contributed by atoms with Crippen LogP contribution in [0.4, 0.5) is 4.39 Å². The summed E-state index contributed by atoms with van der Waals surface area (Å²) >= 11 is 0. The van der Waals surface area contributed by atoms with Crippen molar-refractivity contribution < 1.29 is 4.39 Å². The van der Waals surface area contributed by atoms with Crippen LogP contribution < -0.4 is 5.56 Å². The Labute approximate surface area is 80.0 Å². The lowest BCUT2D eigenvalue weighted by atomic mass is 10.1. The first-order valence-electron chi connectivity index (χ1n) is 4.21. The predicted octanol–water partition coefficient (Wildman–Crippen LogP) is 2.18. The minimum absolute atomic E-state index is 0.427. The molecule has 0 amide bonds. The van der Waals surface area contributed by atoms with E-state index in [-0.39, 0.29) is 0 Å². The van der Waals surface area contributed by atoms with Crippen LogP contribution in [-0.2, 0) is 0 Å². The van der Waals surface area contributed by atoms with E-state index in [1.54, 1.807) is 0 Å². The minimum atomic E-state index is -0.521. The SMILES string of the molecule is O=c1cc(F)cc(-c2ccccc2)[nH]1. The van der Waals surface area contributed by atoms with Gasteiger partial charge in [-0.1, -0.05) is 30.3 Å². The van der Waals surface area contributed by atoms with E-state index < -0.39 is 11.4 Å². The fourth-order valence-electron chi connectivity index (χ4n) is 1.28. The van der Waals surface area contributed by atoms with Gasteiger partial charge in [0.25, 0.3) is 5.56 Å². The molecule has 0 saturated carbocycles. The van der Waals surface area contributed by atoms with Crippen LogP contribution in [0.5, 0.6) is 0 Å². The number of aromatic amines is 1. The van der Waals surface area contributed by atoms with Crippen LogP contribution in [0.2, 0.25) is 0 Å². The van der Waals surface area contributed by atoms with Crippen LogP contribution in [-0.4, -0.2) is 4.98 Å². The van der Waals surface area contributed by atoms with Crippen molar-refractivity contribution in [1.29, 1.82) is 0 Å². The Morgan fingerprint density at radius 1 is 1.07 bits per heavy atom. The summed E-state index contributed by atoms with van der Waals surface area (Å²) in [6.45, 7) is 0. The average molecular weight is 189 g/mol. The van der Waals surface area contributed by atoms with Crippen molar-refractivity contribution in [2.45, 2.75) is 0 Å². The van der Waals surface area contributed by atoms with Gasteiger partial charge >= 0.3 is 0 Å². The van der Waals surface area contributed by atoms with Crippen molar-refractivity contribution >= 4 is 0 Å². The molecular weight excluding hydrogens is 181 g/mol. The molecule has 0 aliphatic heterocycles. The number of halogens is 1. The first kappa shape index (κ1) is 8.69. The lowest BCUT2D eigenvalue weighted by molar-refractivity contribution is 0.624. The number of aromatic nitrogens is 1. The molecule has 0 fully saturated rings. The Kier molecular flexibility index (Phi) is 2.14. The summed E-state index contributed by atoms with van der Waals surface area (Å²) in [6.07, 6.45) is 0. The van der Waals surface area contributed by atoms with Crippen molar-refractivity contribution in [2.24, 2.45) is 0 Å².